The molecule has 2 amide bonds. The van der Waals surface area contributed by atoms with Gasteiger partial charge in [-0.05, 0) is 41.8 Å². The van der Waals surface area contributed by atoms with Crippen molar-refractivity contribution in [3.8, 4) is 11.1 Å². The van der Waals surface area contributed by atoms with Gasteiger partial charge in [-0.2, -0.15) is 0 Å². The van der Waals surface area contributed by atoms with Crippen molar-refractivity contribution in [1.29, 1.82) is 5.41 Å². The predicted molar refractivity (Wildman–Crippen MR) is 135 cm³/mol. The molecule has 0 aliphatic rings. The van der Waals surface area contributed by atoms with E-state index >= 15 is 0 Å². The number of amides is 2. The molecule has 0 aliphatic carbocycles. The van der Waals surface area contributed by atoms with E-state index in [1.54, 1.807) is 60.7 Å². The van der Waals surface area contributed by atoms with Crippen LogP contribution in [-0.2, 0) is 14.8 Å². The number of hydrogen-bond donors (Lipinski definition) is 5. The fourth-order valence-electron chi connectivity index (χ4n) is 3.49. The van der Waals surface area contributed by atoms with Gasteiger partial charge in [0.15, 0.2) is 0 Å². The molecule has 35 heavy (non-hydrogen) atoms. The first kappa shape index (κ1) is 25.6. The van der Waals surface area contributed by atoms with Gasteiger partial charge >= 0.3 is 0 Å². The summed E-state index contributed by atoms with van der Waals surface area (Å²) in [5.41, 5.74) is 7.74. The summed E-state index contributed by atoms with van der Waals surface area (Å²) in [6.07, 6.45) is 0. The third-order valence-corrected chi connectivity index (χ3v) is 6.30. The fourth-order valence-corrected chi connectivity index (χ4v) is 4.25. The Kier molecular flexibility index (Phi) is 7.68. The number of nitrogens with one attached hydrogen (secondary N) is 3. The van der Waals surface area contributed by atoms with Gasteiger partial charge in [0.25, 0.3) is 5.91 Å². The van der Waals surface area contributed by atoms with Crippen LogP contribution in [0.4, 0.5) is 5.69 Å². The average molecular weight is 494 g/mol. The van der Waals surface area contributed by atoms with Gasteiger partial charge in [-0.25, -0.2) is 13.6 Å². The number of nitrogens with two attached hydrogens (primary N) is 2. The first-order chi connectivity index (χ1) is 16.5. The largest absolute Gasteiger partial charge is 0.384 e. The Balaban J connectivity index is 1.76. The van der Waals surface area contributed by atoms with Crippen LogP contribution in [0.5, 0.6) is 0 Å². The lowest BCUT2D eigenvalue weighted by Crippen LogP contribution is -2.47. The Hall–Kier alpha value is -4.02. The number of benzene rings is 3. The lowest BCUT2D eigenvalue weighted by molar-refractivity contribution is -0.118. The molecule has 182 valence electrons. The van der Waals surface area contributed by atoms with Crippen molar-refractivity contribution < 1.29 is 18.0 Å². The van der Waals surface area contributed by atoms with Gasteiger partial charge in [0.2, 0.25) is 15.9 Å². The van der Waals surface area contributed by atoms with E-state index in [1.807, 2.05) is 13.8 Å². The van der Waals surface area contributed by atoms with Crippen molar-refractivity contribution >= 4 is 33.4 Å². The van der Waals surface area contributed by atoms with Gasteiger partial charge in [0.05, 0.1) is 4.90 Å². The molecule has 10 heteroatoms. The molecule has 3 aromatic rings. The second-order valence-corrected chi connectivity index (χ2v) is 9.83. The Bertz CT molecular complexity index is 1370. The normalized spacial score (nSPS) is 12.1. The van der Waals surface area contributed by atoms with E-state index in [4.69, 9.17) is 16.3 Å². The Labute approximate surface area is 204 Å². The third-order valence-electron chi connectivity index (χ3n) is 5.33. The number of amidine groups is 1. The lowest BCUT2D eigenvalue weighted by atomic mass is 10.0. The smallest absolute Gasteiger partial charge is 0.251 e. The molecular formula is C25H27N5O4S. The molecule has 7 N–H and O–H groups in total. The highest BCUT2D eigenvalue weighted by atomic mass is 32.2. The van der Waals surface area contributed by atoms with E-state index in [-0.39, 0.29) is 22.2 Å². The van der Waals surface area contributed by atoms with Crippen LogP contribution in [0.3, 0.4) is 0 Å². The van der Waals surface area contributed by atoms with Crippen molar-refractivity contribution in [2.45, 2.75) is 24.8 Å². The molecule has 0 aliphatic heterocycles. The van der Waals surface area contributed by atoms with E-state index in [2.05, 4.69) is 10.6 Å². The van der Waals surface area contributed by atoms with Gasteiger partial charge in [0, 0.05) is 22.4 Å². The summed E-state index contributed by atoms with van der Waals surface area (Å²) in [5.74, 6) is -1.24. The van der Waals surface area contributed by atoms with Gasteiger partial charge in [-0.15, -0.1) is 0 Å². The molecule has 0 saturated heterocycles. The van der Waals surface area contributed by atoms with Crippen LogP contribution in [0.1, 0.15) is 29.8 Å². The van der Waals surface area contributed by atoms with E-state index in [1.165, 1.54) is 12.1 Å². The second kappa shape index (κ2) is 10.5. The van der Waals surface area contributed by atoms with Crippen LogP contribution in [-0.4, -0.2) is 32.1 Å². The maximum Gasteiger partial charge on any atom is 0.251 e. The molecule has 0 saturated carbocycles. The Morgan fingerprint density at radius 3 is 2.14 bits per heavy atom. The van der Waals surface area contributed by atoms with Crippen LogP contribution in [0.25, 0.3) is 11.1 Å². The highest BCUT2D eigenvalue weighted by Gasteiger charge is 2.25. The minimum absolute atomic E-state index is 0.00760. The zero-order chi connectivity index (χ0) is 25.8. The SMILES string of the molecule is CC(C)[C@H](NC(=O)c1cccc(C(=N)N)c1)C(=O)Nc1ccc(-c2ccccc2S(N)(=O)=O)cc1. The summed E-state index contributed by atoms with van der Waals surface area (Å²) in [7, 11) is -3.90. The summed E-state index contributed by atoms with van der Waals surface area (Å²) >= 11 is 0. The molecule has 3 rings (SSSR count). The Morgan fingerprint density at radius 2 is 1.54 bits per heavy atom. The number of primary sulfonamides is 1. The van der Waals surface area contributed by atoms with E-state index < -0.39 is 27.9 Å². The molecule has 1 atom stereocenters. The summed E-state index contributed by atoms with van der Waals surface area (Å²) in [6.45, 7) is 3.62. The number of nitrogen functional groups attached to an aromatic ring is 1. The van der Waals surface area contributed by atoms with Crippen LogP contribution in [0.15, 0.2) is 77.7 Å². The topological polar surface area (TPSA) is 168 Å². The average Bonchev–Trinajstić information content (AvgIpc) is 2.82. The standard InChI is InChI=1S/C25H27N5O4S/c1-15(2)22(30-24(31)18-7-5-6-17(14-18)23(26)27)25(32)29-19-12-10-16(11-13-19)20-8-3-4-9-21(20)35(28,33)34/h3-15,22H,1-2H3,(H3,26,27)(H,29,32)(H,30,31)(H2,28,33,34)/t22-/m0/s1. The summed E-state index contributed by atoms with van der Waals surface area (Å²) in [6, 6.07) is 18.5. The highest BCUT2D eigenvalue weighted by Crippen LogP contribution is 2.27. The second-order valence-electron chi connectivity index (χ2n) is 8.30. The minimum Gasteiger partial charge on any atom is -0.384 e. The predicted octanol–water partition coefficient (Wildman–Crippen LogP) is 2.68. The number of carbonyl (C=O) groups is 2. The van der Waals surface area contributed by atoms with Gasteiger partial charge < -0.3 is 16.4 Å². The monoisotopic (exact) mass is 493 g/mol. The number of sulfonamides is 1. The third kappa shape index (κ3) is 6.31. The molecule has 0 heterocycles. The highest BCUT2D eigenvalue weighted by molar-refractivity contribution is 7.89. The van der Waals surface area contributed by atoms with E-state index in [0.717, 1.165) is 0 Å². The van der Waals surface area contributed by atoms with Gasteiger partial charge in [0.1, 0.15) is 11.9 Å². The number of rotatable bonds is 8. The van der Waals surface area contributed by atoms with Crippen molar-refractivity contribution in [3.05, 3.63) is 83.9 Å². The van der Waals surface area contributed by atoms with Crippen LogP contribution < -0.4 is 21.5 Å². The first-order valence-corrected chi connectivity index (χ1v) is 12.3. The molecule has 3 aromatic carbocycles. The fraction of sp³-hybridized carbons (Fsp3) is 0.160. The maximum absolute atomic E-state index is 13.0. The van der Waals surface area contributed by atoms with Crippen LogP contribution in [0.2, 0.25) is 0 Å². The molecule has 0 radical (unpaired) electrons. The summed E-state index contributed by atoms with van der Waals surface area (Å²) in [5, 5.41) is 18.4. The summed E-state index contributed by atoms with van der Waals surface area (Å²) in [4.78, 5) is 25.7. The zero-order valence-electron chi connectivity index (χ0n) is 19.3. The molecule has 0 unspecified atom stereocenters. The minimum atomic E-state index is -3.90. The lowest BCUT2D eigenvalue weighted by Gasteiger charge is -2.22. The molecule has 9 nitrogen and oxygen atoms in total. The van der Waals surface area contributed by atoms with Gasteiger partial charge in [-0.3, -0.25) is 15.0 Å². The first-order valence-electron chi connectivity index (χ1n) is 10.8. The van der Waals surface area contributed by atoms with Crippen molar-refractivity contribution in [1.82, 2.24) is 5.32 Å². The Morgan fingerprint density at radius 1 is 0.914 bits per heavy atom. The zero-order valence-corrected chi connectivity index (χ0v) is 20.1. The van der Waals surface area contributed by atoms with Gasteiger partial charge in [-0.1, -0.05) is 56.3 Å². The molecule has 0 fully saturated rings. The van der Waals surface area contributed by atoms with E-state index in [0.29, 0.717) is 22.4 Å². The molecular weight excluding hydrogens is 466 g/mol. The maximum atomic E-state index is 13.0. The van der Waals surface area contributed by atoms with Crippen molar-refractivity contribution in [3.63, 3.8) is 0 Å². The van der Waals surface area contributed by atoms with Crippen molar-refractivity contribution in [2.24, 2.45) is 16.8 Å². The number of anilines is 1. The molecule has 0 aromatic heterocycles. The number of hydrogen-bond acceptors (Lipinski definition) is 5. The quantitative estimate of drug-likeness (QED) is 0.240. The summed E-state index contributed by atoms with van der Waals surface area (Å²) < 4.78 is 23.8. The number of carbonyl (C=O) groups excluding carboxylic acids is 2. The molecule has 0 bridgehead atoms. The van der Waals surface area contributed by atoms with E-state index in [9.17, 15) is 18.0 Å². The van der Waals surface area contributed by atoms with Crippen LogP contribution in [0, 0.1) is 11.3 Å². The van der Waals surface area contributed by atoms with Crippen LogP contribution >= 0.6 is 0 Å². The molecule has 0 spiro atoms. The van der Waals surface area contributed by atoms with Crippen molar-refractivity contribution in [2.75, 3.05) is 5.32 Å².